The molecule has 1 saturated heterocycles. The molecule has 0 radical (unpaired) electrons. The molecule has 1 aromatic heterocycles. The van der Waals surface area contributed by atoms with Crippen molar-refractivity contribution in [3.8, 4) is 0 Å². The minimum atomic E-state index is -3.71. The first-order valence-corrected chi connectivity index (χ1v) is 9.39. The molecule has 0 bridgehead atoms. The number of amides is 1. The molecule has 0 saturated carbocycles. The van der Waals surface area contributed by atoms with Crippen LogP contribution in [0.4, 0.5) is 5.69 Å². The zero-order chi connectivity index (χ0) is 17.9. The number of aromatic nitrogens is 1. The van der Waals surface area contributed by atoms with Gasteiger partial charge in [0, 0.05) is 19.3 Å². The molecule has 1 aromatic carbocycles. The van der Waals surface area contributed by atoms with Gasteiger partial charge in [-0.15, -0.1) is 0 Å². The number of anilines is 1. The first kappa shape index (κ1) is 17.8. The second-order valence-corrected chi connectivity index (χ2v) is 7.70. The average molecular weight is 382 g/mol. The van der Waals surface area contributed by atoms with Crippen LogP contribution in [-0.2, 0) is 14.8 Å². The van der Waals surface area contributed by atoms with Gasteiger partial charge in [-0.2, -0.15) is 4.31 Å². The van der Waals surface area contributed by atoms with Crippen molar-refractivity contribution < 1.29 is 17.9 Å². The van der Waals surface area contributed by atoms with Crippen molar-refractivity contribution in [3.63, 3.8) is 0 Å². The fourth-order valence-electron chi connectivity index (χ4n) is 2.41. The molecule has 25 heavy (non-hydrogen) atoms. The fourth-order valence-corrected chi connectivity index (χ4v) is 4.05. The van der Waals surface area contributed by atoms with E-state index in [9.17, 15) is 13.2 Å². The number of halogens is 1. The van der Waals surface area contributed by atoms with Crippen molar-refractivity contribution >= 4 is 33.2 Å². The van der Waals surface area contributed by atoms with Crippen molar-refractivity contribution in [3.05, 3.63) is 53.3 Å². The van der Waals surface area contributed by atoms with E-state index in [4.69, 9.17) is 16.3 Å². The maximum absolute atomic E-state index is 12.7. The molecule has 2 aromatic rings. The first-order chi connectivity index (χ1) is 12.0. The molecule has 0 unspecified atom stereocenters. The van der Waals surface area contributed by atoms with Crippen LogP contribution < -0.4 is 5.32 Å². The minimum absolute atomic E-state index is 0.0233. The Labute approximate surface area is 150 Å². The van der Waals surface area contributed by atoms with Gasteiger partial charge >= 0.3 is 0 Å². The highest BCUT2D eigenvalue weighted by Gasteiger charge is 2.27. The molecule has 0 aliphatic carbocycles. The Balaban J connectivity index is 1.88. The maximum Gasteiger partial charge on any atom is 0.257 e. The molecule has 132 valence electrons. The summed E-state index contributed by atoms with van der Waals surface area (Å²) in [6.45, 7) is 1.26. The topological polar surface area (TPSA) is 88.6 Å². The second kappa shape index (κ2) is 7.49. The third kappa shape index (κ3) is 3.98. The van der Waals surface area contributed by atoms with Gasteiger partial charge in [-0.25, -0.2) is 8.42 Å². The number of nitrogens with zero attached hydrogens (tertiary/aromatic N) is 2. The van der Waals surface area contributed by atoms with Gasteiger partial charge in [0.2, 0.25) is 10.0 Å². The number of carbonyl (C=O) groups excluding carboxylic acids is 1. The van der Waals surface area contributed by atoms with Crippen molar-refractivity contribution in [2.24, 2.45) is 0 Å². The van der Waals surface area contributed by atoms with Gasteiger partial charge in [0.25, 0.3) is 5.91 Å². The molecular weight excluding hydrogens is 366 g/mol. The fraction of sp³-hybridized carbons (Fsp3) is 0.250. The van der Waals surface area contributed by atoms with E-state index in [1.165, 1.54) is 28.7 Å². The molecule has 9 heteroatoms. The number of ether oxygens (including phenoxy) is 1. The van der Waals surface area contributed by atoms with Crippen LogP contribution in [0.2, 0.25) is 5.02 Å². The van der Waals surface area contributed by atoms with E-state index in [0.29, 0.717) is 18.9 Å². The molecule has 1 aliphatic rings. The van der Waals surface area contributed by atoms with Crippen LogP contribution >= 0.6 is 11.6 Å². The predicted molar refractivity (Wildman–Crippen MR) is 93.2 cm³/mol. The number of sulfonamides is 1. The molecule has 1 fully saturated rings. The van der Waals surface area contributed by atoms with Crippen LogP contribution in [0.5, 0.6) is 0 Å². The van der Waals surface area contributed by atoms with Crippen LogP contribution in [0.3, 0.4) is 0 Å². The summed E-state index contributed by atoms with van der Waals surface area (Å²) in [5.74, 6) is -0.503. The molecule has 1 aliphatic heterocycles. The van der Waals surface area contributed by atoms with E-state index in [1.54, 1.807) is 18.3 Å². The Hall–Kier alpha value is -2.00. The summed E-state index contributed by atoms with van der Waals surface area (Å²) >= 11 is 6.09. The number of hydrogen-bond donors (Lipinski definition) is 1. The van der Waals surface area contributed by atoms with E-state index in [1.807, 2.05) is 0 Å². The summed E-state index contributed by atoms with van der Waals surface area (Å²) in [5, 5.41) is 2.81. The normalized spacial score (nSPS) is 15.7. The Morgan fingerprint density at radius 1 is 1.24 bits per heavy atom. The van der Waals surface area contributed by atoms with Crippen molar-refractivity contribution in [1.82, 2.24) is 9.29 Å². The summed E-state index contributed by atoms with van der Waals surface area (Å²) in [7, 11) is -3.71. The van der Waals surface area contributed by atoms with E-state index in [-0.39, 0.29) is 28.6 Å². The molecule has 0 atom stereocenters. The molecule has 3 rings (SSSR count). The quantitative estimate of drug-likeness (QED) is 0.875. The van der Waals surface area contributed by atoms with Gasteiger partial charge in [-0.3, -0.25) is 9.78 Å². The third-order valence-corrected chi connectivity index (χ3v) is 5.93. The van der Waals surface area contributed by atoms with Gasteiger partial charge in [-0.1, -0.05) is 11.6 Å². The van der Waals surface area contributed by atoms with Crippen LogP contribution in [0.1, 0.15) is 10.4 Å². The average Bonchev–Trinajstić information content (AvgIpc) is 2.63. The van der Waals surface area contributed by atoms with Gasteiger partial charge in [0.15, 0.2) is 0 Å². The third-order valence-electron chi connectivity index (χ3n) is 3.71. The minimum Gasteiger partial charge on any atom is -0.379 e. The van der Waals surface area contributed by atoms with Crippen LogP contribution in [0.15, 0.2) is 47.6 Å². The molecule has 2 heterocycles. The van der Waals surface area contributed by atoms with Gasteiger partial charge in [0.05, 0.1) is 40.6 Å². The maximum atomic E-state index is 12.7. The van der Waals surface area contributed by atoms with Crippen LogP contribution in [0, 0.1) is 0 Å². The zero-order valence-electron chi connectivity index (χ0n) is 13.2. The summed E-state index contributed by atoms with van der Waals surface area (Å²) in [6.07, 6.45) is 3.07. The SMILES string of the molecule is O=C(Nc1cccnc1)c1cc(S(=O)(=O)N2CCOCC2)ccc1Cl. The van der Waals surface area contributed by atoms with Gasteiger partial charge in [0.1, 0.15) is 0 Å². The Morgan fingerprint density at radius 3 is 2.68 bits per heavy atom. The number of carbonyl (C=O) groups is 1. The highest BCUT2D eigenvalue weighted by Crippen LogP contribution is 2.24. The van der Waals surface area contributed by atoms with Crippen LogP contribution in [-0.4, -0.2) is 49.9 Å². The lowest BCUT2D eigenvalue weighted by Crippen LogP contribution is -2.40. The number of nitrogens with one attached hydrogen (secondary N) is 1. The van der Waals surface area contributed by atoms with Gasteiger partial charge < -0.3 is 10.1 Å². The van der Waals surface area contributed by atoms with Crippen molar-refractivity contribution in [2.45, 2.75) is 4.90 Å². The highest BCUT2D eigenvalue weighted by molar-refractivity contribution is 7.89. The number of rotatable bonds is 4. The lowest BCUT2D eigenvalue weighted by molar-refractivity contribution is 0.0730. The molecular formula is C16H16ClN3O4S. The summed E-state index contributed by atoms with van der Waals surface area (Å²) in [6, 6.07) is 7.45. The monoisotopic (exact) mass is 381 g/mol. The second-order valence-electron chi connectivity index (χ2n) is 5.35. The summed E-state index contributed by atoms with van der Waals surface area (Å²) in [5.41, 5.74) is 0.574. The summed E-state index contributed by atoms with van der Waals surface area (Å²) < 4.78 is 32.0. The van der Waals surface area contributed by atoms with Crippen molar-refractivity contribution in [2.75, 3.05) is 31.6 Å². The number of pyridine rings is 1. The predicted octanol–water partition coefficient (Wildman–Crippen LogP) is 2.01. The Morgan fingerprint density at radius 2 is 2.00 bits per heavy atom. The standard InChI is InChI=1S/C16H16ClN3O4S/c17-15-4-3-13(25(22,23)20-6-8-24-9-7-20)10-14(15)16(21)19-12-2-1-5-18-11-12/h1-5,10-11H,6-9H2,(H,19,21). The van der Waals surface area contributed by atoms with Crippen molar-refractivity contribution in [1.29, 1.82) is 0 Å². The first-order valence-electron chi connectivity index (χ1n) is 7.57. The van der Waals surface area contributed by atoms with Gasteiger partial charge in [-0.05, 0) is 30.3 Å². The van der Waals surface area contributed by atoms with E-state index >= 15 is 0 Å². The Kier molecular flexibility index (Phi) is 5.33. The van der Waals surface area contributed by atoms with E-state index < -0.39 is 15.9 Å². The number of morpholine rings is 1. The van der Waals surface area contributed by atoms with Crippen LogP contribution in [0.25, 0.3) is 0 Å². The number of benzene rings is 1. The number of hydrogen-bond acceptors (Lipinski definition) is 5. The largest absolute Gasteiger partial charge is 0.379 e. The Bertz CT molecular complexity index is 868. The van der Waals surface area contributed by atoms with E-state index in [2.05, 4.69) is 10.3 Å². The van der Waals surface area contributed by atoms with E-state index in [0.717, 1.165) is 0 Å². The smallest absolute Gasteiger partial charge is 0.257 e. The summed E-state index contributed by atoms with van der Waals surface area (Å²) in [4.78, 5) is 16.4. The molecule has 1 N–H and O–H groups in total. The highest BCUT2D eigenvalue weighted by atomic mass is 35.5. The lowest BCUT2D eigenvalue weighted by Gasteiger charge is -2.26. The zero-order valence-corrected chi connectivity index (χ0v) is 14.8. The lowest BCUT2D eigenvalue weighted by atomic mass is 10.2. The molecule has 0 spiro atoms. The molecule has 7 nitrogen and oxygen atoms in total. The molecule has 1 amide bonds.